The lowest BCUT2D eigenvalue weighted by Gasteiger charge is -2.03. The quantitative estimate of drug-likeness (QED) is 0.683. The van der Waals surface area contributed by atoms with Gasteiger partial charge < -0.3 is 4.98 Å². The van der Waals surface area contributed by atoms with Crippen LogP contribution in [0.5, 0.6) is 0 Å². The third-order valence-electron chi connectivity index (χ3n) is 3.31. The van der Waals surface area contributed by atoms with E-state index in [1.807, 2.05) is 19.1 Å². The van der Waals surface area contributed by atoms with E-state index >= 15 is 0 Å². The summed E-state index contributed by atoms with van der Waals surface area (Å²) in [6.45, 7) is 1.93. The summed E-state index contributed by atoms with van der Waals surface area (Å²) in [6, 6.07) is 9.82. The number of benzene rings is 2. The molecule has 3 rings (SSSR count). The summed E-state index contributed by atoms with van der Waals surface area (Å²) in [6.07, 6.45) is 1.63. The van der Waals surface area contributed by atoms with E-state index in [0.29, 0.717) is 16.5 Å². The Bertz CT molecular complexity index is 822. The number of aromatic amines is 1. The van der Waals surface area contributed by atoms with Crippen molar-refractivity contribution in [2.75, 3.05) is 0 Å². The number of nitrogens with one attached hydrogen (secondary N) is 1. The molecule has 2 nitrogen and oxygen atoms in total. The van der Waals surface area contributed by atoms with Gasteiger partial charge in [-0.15, -0.1) is 0 Å². The smallest absolute Gasteiger partial charge is 0.195 e. The highest BCUT2D eigenvalue weighted by molar-refractivity contribution is 9.10. The zero-order valence-electron chi connectivity index (χ0n) is 10.7. The van der Waals surface area contributed by atoms with Gasteiger partial charge in [0.05, 0.1) is 0 Å². The lowest BCUT2D eigenvalue weighted by Crippen LogP contribution is -2.01. The fraction of sp³-hybridized carbons (Fsp3) is 0.0625. The van der Waals surface area contributed by atoms with Gasteiger partial charge in [-0.25, -0.2) is 4.39 Å². The van der Waals surface area contributed by atoms with Crippen LogP contribution < -0.4 is 0 Å². The van der Waals surface area contributed by atoms with Crippen molar-refractivity contribution in [1.82, 2.24) is 4.98 Å². The van der Waals surface area contributed by atoms with Crippen molar-refractivity contribution in [3.05, 3.63) is 69.6 Å². The summed E-state index contributed by atoms with van der Waals surface area (Å²) in [5, 5.41) is 0.607. The number of H-pyrrole nitrogens is 1. The highest BCUT2D eigenvalue weighted by Crippen LogP contribution is 2.24. The lowest BCUT2D eigenvalue weighted by molar-refractivity contribution is 0.104. The number of hydrogen-bond donors (Lipinski definition) is 1. The molecular formula is C16H11BrFNO. The van der Waals surface area contributed by atoms with Crippen molar-refractivity contribution in [3.8, 4) is 0 Å². The van der Waals surface area contributed by atoms with Crippen LogP contribution in [0.4, 0.5) is 4.39 Å². The number of halogens is 2. The van der Waals surface area contributed by atoms with Crippen LogP contribution in [0.25, 0.3) is 10.9 Å². The van der Waals surface area contributed by atoms with Gasteiger partial charge in [0, 0.05) is 32.7 Å². The van der Waals surface area contributed by atoms with Gasteiger partial charge >= 0.3 is 0 Å². The van der Waals surface area contributed by atoms with Crippen molar-refractivity contribution in [2.45, 2.75) is 6.92 Å². The van der Waals surface area contributed by atoms with Gasteiger partial charge in [0.1, 0.15) is 5.82 Å². The molecule has 20 heavy (non-hydrogen) atoms. The Kier molecular flexibility index (Phi) is 3.18. The SMILES string of the molecule is Cc1cc(C(=O)c2c[nH]c3ccc(F)cc23)ccc1Br. The minimum Gasteiger partial charge on any atom is -0.360 e. The number of carbonyl (C=O) groups is 1. The van der Waals surface area contributed by atoms with Crippen molar-refractivity contribution in [2.24, 2.45) is 0 Å². The molecule has 1 N–H and O–H groups in total. The van der Waals surface area contributed by atoms with Crippen LogP contribution in [-0.4, -0.2) is 10.8 Å². The zero-order valence-corrected chi connectivity index (χ0v) is 12.3. The molecule has 2 aromatic carbocycles. The molecule has 1 heterocycles. The summed E-state index contributed by atoms with van der Waals surface area (Å²) in [5.74, 6) is -0.462. The molecule has 0 unspecified atom stereocenters. The van der Waals surface area contributed by atoms with Gasteiger partial charge in [0.15, 0.2) is 5.78 Å². The minimum absolute atomic E-state index is 0.113. The summed E-state index contributed by atoms with van der Waals surface area (Å²) >= 11 is 3.41. The topological polar surface area (TPSA) is 32.9 Å². The number of aromatic nitrogens is 1. The van der Waals surface area contributed by atoms with Gasteiger partial charge in [0.25, 0.3) is 0 Å². The van der Waals surface area contributed by atoms with Crippen LogP contribution in [-0.2, 0) is 0 Å². The van der Waals surface area contributed by atoms with E-state index in [0.717, 1.165) is 15.6 Å². The van der Waals surface area contributed by atoms with E-state index in [2.05, 4.69) is 20.9 Å². The van der Waals surface area contributed by atoms with Crippen molar-refractivity contribution < 1.29 is 9.18 Å². The van der Waals surface area contributed by atoms with Crippen LogP contribution in [0.15, 0.2) is 47.1 Å². The number of hydrogen-bond acceptors (Lipinski definition) is 1. The van der Waals surface area contributed by atoms with Crippen LogP contribution in [0.3, 0.4) is 0 Å². The number of carbonyl (C=O) groups excluding carboxylic acids is 1. The third-order valence-corrected chi connectivity index (χ3v) is 4.20. The highest BCUT2D eigenvalue weighted by atomic mass is 79.9. The molecule has 0 saturated heterocycles. The van der Waals surface area contributed by atoms with E-state index in [9.17, 15) is 9.18 Å². The molecule has 0 fully saturated rings. The molecule has 3 aromatic rings. The molecule has 0 atom stereocenters. The zero-order chi connectivity index (χ0) is 14.3. The molecular weight excluding hydrogens is 321 g/mol. The van der Waals surface area contributed by atoms with Gasteiger partial charge in [-0.05, 0) is 48.9 Å². The van der Waals surface area contributed by atoms with Crippen LogP contribution in [0, 0.1) is 12.7 Å². The molecule has 4 heteroatoms. The first kappa shape index (κ1) is 13.1. The van der Waals surface area contributed by atoms with Gasteiger partial charge in [0.2, 0.25) is 0 Å². The molecule has 0 amide bonds. The van der Waals surface area contributed by atoms with Crippen LogP contribution in [0.2, 0.25) is 0 Å². The standard InChI is InChI=1S/C16H11BrFNO/c1-9-6-10(2-4-14(9)17)16(20)13-8-19-15-5-3-11(18)7-12(13)15/h2-8,19H,1H3. The number of rotatable bonds is 2. The van der Waals surface area contributed by atoms with E-state index in [-0.39, 0.29) is 11.6 Å². The number of fused-ring (bicyclic) bond motifs is 1. The van der Waals surface area contributed by atoms with Crippen molar-refractivity contribution >= 4 is 32.6 Å². The first-order valence-corrected chi connectivity index (χ1v) is 6.93. The van der Waals surface area contributed by atoms with Gasteiger partial charge in [-0.2, -0.15) is 0 Å². The number of aryl methyl sites for hydroxylation is 1. The average Bonchev–Trinajstić information content (AvgIpc) is 2.84. The predicted molar refractivity (Wildman–Crippen MR) is 80.6 cm³/mol. The predicted octanol–water partition coefficient (Wildman–Crippen LogP) is 4.61. The summed E-state index contributed by atoms with van der Waals surface area (Å²) in [7, 11) is 0. The van der Waals surface area contributed by atoms with Crippen LogP contribution >= 0.6 is 15.9 Å². The average molecular weight is 332 g/mol. The summed E-state index contributed by atoms with van der Waals surface area (Å²) < 4.78 is 14.3. The molecule has 0 saturated carbocycles. The molecule has 0 aliphatic carbocycles. The number of ketones is 1. The minimum atomic E-state index is -0.349. The maximum atomic E-state index is 13.3. The Morgan fingerprint density at radius 3 is 2.75 bits per heavy atom. The maximum Gasteiger partial charge on any atom is 0.195 e. The highest BCUT2D eigenvalue weighted by Gasteiger charge is 2.15. The van der Waals surface area contributed by atoms with E-state index in [4.69, 9.17) is 0 Å². The summed E-state index contributed by atoms with van der Waals surface area (Å²) in [5.41, 5.74) is 2.82. The molecule has 0 bridgehead atoms. The maximum absolute atomic E-state index is 13.3. The second kappa shape index (κ2) is 4.87. The van der Waals surface area contributed by atoms with Gasteiger partial charge in [-0.3, -0.25) is 4.79 Å². The first-order chi connectivity index (χ1) is 9.56. The normalized spacial score (nSPS) is 10.9. The van der Waals surface area contributed by atoms with Gasteiger partial charge in [-0.1, -0.05) is 15.9 Å². The molecule has 0 aliphatic rings. The summed E-state index contributed by atoms with van der Waals surface area (Å²) in [4.78, 5) is 15.5. The fourth-order valence-electron chi connectivity index (χ4n) is 2.22. The Morgan fingerprint density at radius 2 is 2.00 bits per heavy atom. The Balaban J connectivity index is 2.12. The van der Waals surface area contributed by atoms with Crippen molar-refractivity contribution in [3.63, 3.8) is 0 Å². The van der Waals surface area contributed by atoms with E-state index < -0.39 is 0 Å². The fourth-order valence-corrected chi connectivity index (χ4v) is 2.47. The van der Waals surface area contributed by atoms with Crippen LogP contribution in [0.1, 0.15) is 21.5 Å². The second-order valence-corrected chi connectivity index (χ2v) is 5.54. The first-order valence-electron chi connectivity index (χ1n) is 6.14. The lowest BCUT2D eigenvalue weighted by atomic mass is 10.0. The largest absolute Gasteiger partial charge is 0.360 e. The second-order valence-electron chi connectivity index (χ2n) is 4.69. The van der Waals surface area contributed by atoms with Crippen molar-refractivity contribution in [1.29, 1.82) is 0 Å². The Morgan fingerprint density at radius 1 is 1.20 bits per heavy atom. The van der Waals surface area contributed by atoms with E-state index in [1.54, 1.807) is 18.3 Å². The molecule has 0 radical (unpaired) electrons. The monoisotopic (exact) mass is 331 g/mol. The Hall–Kier alpha value is -1.94. The molecule has 0 spiro atoms. The third kappa shape index (κ3) is 2.16. The van der Waals surface area contributed by atoms with E-state index in [1.165, 1.54) is 12.1 Å². The molecule has 1 aromatic heterocycles. The molecule has 0 aliphatic heterocycles. The Labute approximate surface area is 123 Å². The molecule has 100 valence electrons.